The summed E-state index contributed by atoms with van der Waals surface area (Å²) in [6.07, 6.45) is 2.61. The predicted octanol–water partition coefficient (Wildman–Crippen LogP) is -21.0. The van der Waals surface area contributed by atoms with Crippen LogP contribution in [-0.4, -0.2) is 47.7 Å². The summed E-state index contributed by atoms with van der Waals surface area (Å²) in [5.41, 5.74) is 1.08. The van der Waals surface area contributed by atoms with Crippen LogP contribution in [0.3, 0.4) is 0 Å². The van der Waals surface area contributed by atoms with Gasteiger partial charge in [-0.1, -0.05) is 23.7 Å². The molecule has 0 aliphatic carbocycles. The second-order valence-electron chi connectivity index (χ2n) is 8.00. The Labute approximate surface area is 462 Å². The second-order valence-corrected chi connectivity index (χ2v) is 12.5. The Hall–Kier alpha value is 2.52. The summed E-state index contributed by atoms with van der Waals surface area (Å²) in [6.45, 7) is 0. The predicted molar refractivity (Wildman–Crippen MR) is 169 cm³/mol. The molecular formula is C22H26BrClN3Na6O20P3. The van der Waals surface area contributed by atoms with Gasteiger partial charge in [0, 0.05) is 39.9 Å². The Morgan fingerprint density at radius 2 is 1.00 bits per heavy atom. The van der Waals surface area contributed by atoms with Gasteiger partial charge in [-0.15, -0.1) is 0 Å². The van der Waals surface area contributed by atoms with Crippen molar-refractivity contribution in [3.63, 3.8) is 0 Å². The molecule has 0 aliphatic heterocycles. The number of H-pyrrole nitrogens is 2. The Morgan fingerprint density at radius 1 is 0.589 bits per heavy atom. The number of para-hydroxylation sites is 1. The Balaban J connectivity index is -0.0000000641. The molecular weight excluding hydrogens is 972 g/mol. The van der Waals surface area contributed by atoms with Crippen LogP contribution in [0.5, 0.6) is 17.2 Å². The van der Waals surface area contributed by atoms with Crippen molar-refractivity contribution in [3.8, 4) is 17.2 Å². The van der Waals surface area contributed by atoms with Crippen molar-refractivity contribution in [2.45, 2.75) is 0 Å². The quantitative estimate of drug-likeness (QED) is 0.0662. The van der Waals surface area contributed by atoms with Gasteiger partial charge in [-0.05, 0) is 52.3 Å². The van der Waals surface area contributed by atoms with Crippen molar-refractivity contribution >= 4 is 78.5 Å². The van der Waals surface area contributed by atoms with E-state index in [2.05, 4.69) is 39.5 Å². The number of phosphoric ester groups is 3. The third-order valence-electron chi connectivity index (χ3n) is 4.94. The molecule has 284 valence electrons. The Bertz CT molecular complexity index is 1950. The molecule has 0 radical (unpaired) electrons. The van der Waals surface area contributed by atoms with Crippen LogP contribution in [0.25, 0.3) is 21.8 Å². The summed E-state index contributed by atoms with van der Waals surface area (Å²) in [4.78, 5) is 77.1. The molecule has 0 atom stereocenters. The summed E-state index contributed by atoms with van der Waals surface area (Å²) in [5.74, 6) is -0.312. The molecule has 0 saturated heterocycles. The van der Waals surface area contributed by atoms with Gasteiger partial charge in [-0.3, -0.25) is 10.1 Å². The first-order valence-corrected chi connectivity index (χ1v) is 16.8. The normalized spacial score (nSPS) is 9.14. The zero-order valence-corrected chi connectivity index (χ0v) is 47.2. The first-order valence-electron chi connectivity index (χ1n) is 11.2. The van der Waals surface area contributed by atoms with Crippen molar-refractivity contribution < 1.29 is 272 Å². The zero-order valence-electron chi connectivity index (χ0n) is 30.2. The van der Waals surface area contributed by atoms with E-state index in [1.165, 1.54) is 12.4 Å². The van der Waals surface area contributed by atoms with Crippen molar-refractivity contribution in [2.75, 3.05) is 0 Å². The van der Waals surface area contributed by atoms with Crippen LogP contribution in [0.1, 0.15) is 0 Å². The second kappa shape index (κ2) is 36.9. The van der Waals surface area contributed by atoms with Crippen LogP contribution in [-0.2, 0) is 13.7 Å². The van der Waals surface area contributed by atoms with Gasteiger partial charge in [0.05, 0.1) is 20.8 Å². The number of benzene rings is 3. The van der Waals surface area contributed by atoms with Gasteiger partial charge in [-0.2, -0.15) is 0 Å². The first-order chi connectivity index (χ1) is 20.3. The minimum Gasteiger partial charge on any atom is -0.780 e. The number of hydrogen-bond donors (Lipinski definition) is 2. The number of nitrogens with one attached hydrogen (secondary N) is 2. The van der Waals surface area contributed by atoms with Crippen LogP contribution >= 0.6 is 51.0 Å². The van der Waals surface area contributed by atoms with E-state index >= 15 is 0 Å². The molecule has 0 unspecified atom stereocenters. The number of aromatic nitrogens is 2. The minimum absolute atomic E-state index is 0. The molecule has 0 saturated carbocycles. The van der Waals surface area contributed by atoms with E-state index in [-0.39, 0.29) is 238 Å². The minimum atomic E-state index is -5.10. The standard InChI is InChI=1S/C8H6BrClNO4P.C8H8NO4P.C6H6NO6P.6Na.6H2O/c9-4-1-2-5-7(8(4)10)6(3-11-5)15-16(12,13)14;10-14(11,12)13-8-5-9-7-4-2-1-3-6(7)8;8-7(9)5-1-3-6(4-2-5)13-14(10,11)12;;;;;;;;;;;;/h1-3,11H,(H2,12,13,14);1-5,9H,(H2,10,11,12);1-4H,(H2,10,11,12);;;;;;;6*1H2/q;;;6*+1;;;;;;/p-6. The largest absolute Gasteiger partial charge is 1.00 e. The van der Waals surface area contributed by atoms with Crippen molar-refractivity contribution in [3.05, 3.63) is 92.7 Å². The number of nitrogens with zero attached hydrogens (tertiary/aromatic N) is 1. The van der Waals surface area contributed by atoms with E-state index < -0.39 is 28.4 Å². The van der Waals surface area contributed by atoms with E-state index in [0.717, 1.165) is 29.8 Å². The molecule has 14 N–H and O–H groups in total. The van der Waals surface area contributed by atoms with E-state index in [1.807, 2.05) is 0 Å². The molecule has 2 heterocycles. The van der Waals surface area contributed by atoms with E-state index in [4.69, 9.17) is 11.6 Å². The van der Waals surface area contributed by atoms with Gasteiger partial charge in [0.1, 0.15) is 35.0 Å². The van der Waals surface area contributed by atoms with E-state index in [1.54, 1.807) is 36.4 Å². The maximum Gasteiger partial charge on any atom is 1.00 e. The molecule has 0 spiro atoms. The van der Waals surface area contributed by atoms with Crippen LogP contribution in [0.4, 0.5) is 5.69 Å². The molecule has 0 fully saturated rings. The molecule has 5 aromatic rings. The molecule has 56 heavy (non-hydrogen) atoms. The molecule has 2 aromatic heterocycles. The van der Waals surface area contributed by atoms with Gasteiger partial charge in [-0.25, -0.2) is 0 Å². The molecule has 23 nitrogen and oxygen atoms in total. The first kappa shape index (κ1) is 82.2. The van der Waals surface area contributed by atoms with Crippen molar-refractivity contribution in [1.29, 1.82) is 0 Å². The fourth-order valence-corrected chi connectivity index (χ4v) is 5.06. The smallest absolute Gasteiger partial charge is 0.780 e. The van der Waals surface area contributed by atoms with Gasteiger partial charge >= 0.3 is 177 Å². The van der Waals surface area contributed by atoms with Crippen LogP contribution in [0, 0.1) is 10.1 Å². The average molecular weight is 999 g/mol. The summed E-state index contributed by atoms with van der Waals surface area (Å²) in [6, 6.07) is 14.4. The number of aromatic amines is 2. The fourth-order valence-electron chi connectivity index (χ4n) is 3.32. The summed E-state index contributed by atoms with van der Waals surface area (Å²) < 4.78 is 44.1. The van der Waals surface area contributed by atoms with Gasteiger partial charge in [0.15, 0.2) is 5.75 Å². The Morgan fingerprint density at radius 3 is 1.45 bits per heavy atom. The zero-order chi connectivity index (χ0) is 32.9. The third kappa shape index (κ3) is 29.0. The maximum atomic E-state index is 10.5. The molecule has 0 bridgehead atoms. The number of nitro benzene ring substituents is 1. The third-order valence-corrected chi connectivity index (χ3v) is 7.49. The molecule has 5 rings (SSSR count). The molecule has 34 heteroatoms. The summed E-state index contributed by atoms with van der Waals surface area (Å²) in [7, 11) is -15.2. The molecule has 3 aromatic carbocycles. The summed E-state index contributed by atoms with van der Waals surface area (Å²) >= 11 is 9.15. The van der Waals surface area contributed by atoms with Crippen LogP contribution < -0.4 is 220 Å². The molecule has 0 amide bonds. The monoisotopic (exact) mass is 997 g/mol. The summed E-state index contributed by atoms with van der Waals surface area (Å²) in [5, 5.41) is 11.4. The van der Waals surface area contributed by atoms with Gasteiger partial charge < -0.3 is 99.5 Å². The number of rotatable bonds is 7. The van der Waals surface area contributed by atoms with E-state index in [9.17, 15) is 53.2 Å². The topological polar surface area (TPSA) is 481 Å². The van der Waals surface area contributed by atoms with Crippen LogP contribution in [0.15, 0.2) is 77.5 Å². The van der Waals surface area contributed by atoms with Crippen molar-refractivity contribution in [2.24, 2.45) is 0 Å². The number of phosphoric acid groups is 3. The number of nitro groups is 1. The SMILES string of the molecule is O.O.O.O.O.O.O=P([O-])([O-])Oc1c[nH]c2ccc(Br)c(Cl)c12.O=P([O-])([O-])Oc1c[nH]c2ccccc12.O=[N+]([O-])c1ccc(OP(=O)([O-])[O-])cc1.[Na+].[Na+].[Na+].[Na+].[Na+].[Na+]. The Kier molecular flexibility index (Phi) is 54.3. The molecule has 0 aliphatic rings. The fraction of sp³-hybridized carbons (Fsp3) is 0. The van der Waals surface area contributed by atoms with Crippen LogP contribution in [0.2, 0.25) is 5.02 Å². The number of halogens is 2. The average Bonchev–Trinajstić information content (AvgIpc) is 3.49. The number of fused-ring (bicyclic) bond motifs is 2. The maximum absolute atomic E-state index is 10.5. The number of non-ortho nitro benzene ring substituents is 1. The van der Waals surface area contributed by atoms with Crippen molar-refractivity contribution in [1.82, 2.24) is 9.97 Å². The van der Waals surface area contributed by atoms with E-state index in [0.29, 0.717) is 20.8 Å². The van der Waals surface area contributed by atoms with Gasteiger partial charge in [0.25, 0.3) is 5.69 Å². The number of hydrogen-bond acceptors (Lipinski definition) is 14. The van der Waals surface area contributed by atoms with Gasteiger partial charge in [0.2, 0.25) is 0 Å².